The summed E-state index contributed by atoms with van der Waals surface area (Å²) in [5.74, 6) is -0.583. The number of allylic oxidation sites excluding steroid dienone is 2. The molecule has 1 aromatic carbocycles. The Morgan fingerprint density at radius 2 is 2.19 bits per heavy atom. The number of ether oxygens (including phenoxy) is 1. The monoisotopic (exact) mass is 300 g/mol. The van der Waals surface area contributed by atoms with Crippen LogP contribution in [-0.4, -0.2) is 19.1 Å². The molecule has 1 heterocycles. The highest BCUT2D eigenvalue weighted by atomic mass is 32.2. The van der Waals surface area contributed by atoms with Crippen molar-refractivity contribution in [2.24, 2.45) is 0 Å². The lowest BCUT2D eigenvalue weighted by molar-refractivity contribution is -0.138. The van der Waals surface area contributed by atoms with Crippen LogP contribution in [-0.2, 0) is 9.53 Å². The van der Waals surface area contributed by atoms with Crippen LogP contribution in [0.3, 0.4) is 0 Å². The van der Waals surface area contributed by atoms with E-state index in [0.29, 0.717) is 0 Å². The molecule has 0 bridgehead atoms. The minimum atomic E-state index is -0.583. The predicted octanol–water partition coefficient (Wildman–Crippen LogP) is 3.47. The van der Waals surface area contributed by atoms with Crippen LogP contribution in [0.4, 0.5) is 5.69 Å². The van der Waals surface area contributed by atoms with Crippen LogP contribution in [0.5, 0.6) is 0 Å². The summed E-state index contributed by atoms with van der Waals surface area (Å²) >= 11 is 1.63. The van der Waals surface area contributed by atoms with Gasteiger partial charge >= 0.3 is 5.97 Å². The van der Waals surface area contributed by atoms with Crippen LogP contribution in [0.1, 0.15) is 13.8 Å². The van der Waals surface area contributed by atoms with Crippen molar-refractivity contribution >= 4 is 23.4 Å². The Morgan fingerprint density at radius 1 is 1.43 bits per heavy atom. The van der Waals surface area contributed by atoms with Crippen LogP contribution in [0, 0.1) is 11.3 Å². The molecule has 4 nitrogen and oxygen atoms in total. The molecule has 5 heteroatoms. The van der Waals surface area contributed by atoms with E-state index in [9.17, 15) is 4.79 Å². The molecule has 1 aliphatic rings. The van der Waals surface area contributed by atoms with Gasteiger partial charge in [-0.15, -0.1) is 0 Å². The molecule has 0 radical (unpaired) electrons. The van der Waals surface area contributed by atoms with E-state index < -0.39 is 5.97 Å². The number of hydrogen-bond acceptors (Lipinski definition) is 5. The molecule has 1 aromatic rings. The Labute approximate surface area is 128 Å². The first-order chi connectivity index (χ1) is 10.2. The molecule has 1 aliphatic heterocycles. The molecule has 0 saturated heterocycles. The first-order valence-corrected chi connectivity index (χ1v) is 7.56. The van der Waals surface area contributed by atoms with E-state index >= 15 is 0 Å². The number of anilines is 1. The number of para-hydroxylation sites is 1. The number of benzene rings is 1. The zero-order valence-electron chi connectivity index (χ0n) is 12.0. The number of rotatable bonds is 4. The highest BCUT2D eigenvalue weighted by Crippen LogP contribution is 2.45. The van der Waals surface area contributed by atoms with E-state index in [1.54, 1.807) is 24.8 Å². The van der Waals surface area contributed by atoms with Crippen LogP contribution >= 0.6 is 11.8 Å². The number of nitriles is 1. The van der Waals surface area contributed by atoms with E-state index in [1.165, 1.54) is 11.0 Å². The molecule has 0 saturated carbocycles. The van der Waals surface area contributed by atoms with Crippen LogP contribution in [0.25, 0.3) is 0 Å². The average molecular weight is 300 g/mol. The Kier molecular flexibility index (Phi) is 5.07. The van der Waals surface area contributed by atoms with E-state index in [4.69, 9.17) is 10.00 Å². The van der Waals surface area contributed by atoms with Gasteiger partial charge in [-0.25, -0.2) is 4.79 Å². The molecule has 2 rings (SSSR count). The van der Waals surface area contributed by atoms with E-state index in [0.717, 1.165) is 17.3 Å². The maximum Gasteiger partial charge on any atom is 0.348 e. The standard InChI is InChI=1S/C16H16N2O2S/c1-3-18-13-7-5-6-8-14(13)21-15(18)10-9-12(11-17)16(19)20-4-2/h5-10H,3-4H2,1-2H3. The maximum absolute atomic E-state index is 11.6. The smallest absolute Gasteiger partial charge is 0.348 e. The Balaban J connectivity index is 2.26. The summed E-state index contributed by atoms with van der Waals surface area (Å²) < 4.78 is 4.85. The normalized spacial score (nSPS) is 15.8. The number of thioether (sulfide) groups is 1. The number of hydrogen-bond donors (Lipinski definition) is 0. The van der Waals surface area contributed by atoms with E-state index in [2.05, 4.69) is 24.0 Å². The summed E-state index contributed by atoms with van der Waals surface area (Å²) in [4.78, 5) is 14.9. The van der Waals surface area contributed by atoms with Gasteiger partial charge in [0, 0.05) is 11.4 Å². The minimum absolute atomic E-state index is 0.0111. The highest BCUT2D eigenvalue weighted by Gasteiger charge is 2.22. The van der Waals surface area contributed by atoms with Crippen molar-refractivity contribution in [2.75, 3.05) is 18.1 Å². The molecular formula is C16H16N2O2S. The second kappa shape index (κ2) is 7.00. The third-order valence-corrected chi connectivity index (χ3v) is 4.09. The average Bonchev–Trinajstić information content (AvgIpc) is 2.85. The number of nitrogens with zero attached hydrogens (tertiary/aromatic N) is 2. The first kappa shape index (κ1) is 15.2. The molecular weight excluding hydrogens is 284 g/mol. The van der Waals surface area contributed by atoms with Gasteiger partial charge in [-0.1, -0.05) is 23.9 Å². The van der Waals surface area contributed by atoms with Gasteiger partial charge in [0.15, 0.2) is 0 Å². The van der Waals surface area contributed by atoms with Gasteiger partial charge in [-0.05, 0) is 38.1 Å². The number of fused-ring (bicyclic) bond motifs is 1. The molecule has 0 unspecified atom stereocenters. The quantitative estimate of drug-likeness (QED) is 0.484. The van der Waals surface area contributed by atoms with Crippen LogP contribution in [0.15, 0.2) is 51.9 Å². The fraction of sp³-hybridized carbons (Fsp3) is 0.250. The van der Waals surface area contributed by atoms with Gasteiger partial charge in [-0.3, -0.25) is 0 Å². The molecule has 0 aromatic heterocycles. The van der Waals surface area contributed by atoms with Crippen molar-refractivity contribution in [3.63, 3.8) is 0 Å². The van der Waals surface area contributed by atoms with Crippen molar-refractivity contribution in [1.82, 2.24) is 0 Å². The van der Waals surface area contributed by atoms with Crippen molar-refractivity contribution in [3.05, 3.63) is 47.0 Å². The molecule has 0 aliphatic carbocycles. The molecule has 0 fully saturated rings. The SMILES string of the molecule is CCOC(=O)C(C#N)=CC=C1Sc2ccccc2N1CC. The Morgan fingerprint density at radius 3 is 2.86 bits per heavy atom. The summed E-state index contributed by atoms with van der Waals surface area (Å²) in [6.45, 7) is 4.87. The molecule has 0 N–H and O–H groups in total. The van der Waals surface area contributed by atoms with Gasteiger partial charge in [-0.2, -0.15) is 5.26 Å². The van der Waals surface area contributed by atoms with Crippen molar-refractivity contribution in [3.8, 4) is 6.07 Å². The Bertz CT molecular complexity index is 644. The van der Waals surface area contributed by atoms with Gasteiger partial charge < -0.3 is 9.64 Å². The van der Waals surface area contributed by atoms with Crippen molar-refractivity contribution in [2.45, 2.75) is 18.7 Å². The highest BCUT2D eigenvalue weighted by molar-refractivity contribution is 8.03. The largest absolute Gasteiger partial charge is 0.462 e. The summed E-state index contributed by atoms with van der Waals surface area (Å²) in [7, 11) is 0. The number of carbonyl (C=O) groups excluding carboxylic acids is 1. The molecule has 108 valence electrons. The summed E-state index contributed by atoms with van der Waals surface area (Å²) in [5, 5.41) is 10.0. The van der Waals surface area contributed by atoms with Crippen LogP contribution < -0.4 is 4.90 Å². The van der Waals surface area contributed by atoms with Crippen molar-refractivity contribution in [1.29, 1.82) is 5.26 Å². The third kappa shape index (κ3) is 3.29. The molecule has 0 spiro atoms. The van der Waals surface area contributed by atoms with Gasteiger partial charge in [0.05, 0.1) is 17.3 Å². The van der Waals surface area contributed by atoms with Gasteiger partial charge in [0.25, 0.3) is 0 Å². The Hall–Kier alpha value is -2.19. The molecule has 0 amide bonds. The first-order valence-electron chi connectivity index (χ1n) is 6.74. The topological polar surface area (TPSA) is 53.3 Å². The van der Waals surface area contributed by atoms with Gasteiger partial charge in [0.2, 0.25) is 0 Å². The molecule has 0 atom stereocenters. The number of esters is 1. The zero-order chi connectivity index (χ0) is 15.2. The fourth-order valence-electron chi connectivity index (χ4n) is 2.02. The zero-order valence-corrected chi connectivity index (χ0v) is 12.8. The maximum atomic E-state index is 11.6. The minimum Gasteiger partial charge on any atom is -0.462 e. The van der Waals surface area contributed by atoms with Gasteiger partial charge in [0.1, 0.15) is 11.6 Å². The summed E-state index contributed by atoms with van der Waals surface area (Å²) in [6, 6.07) is 10.00. The lowest BCUT2D eigenvalue weighted by Crippen LogP contribution is -2.16. The second-order valence-corrected chi connectivity index (χ2v) is 5.29. The fourth-order valence-corrected chi connectivity index (χ4v) is 3.15. The second-order valence-electron chi connectivity index (χ2n) is 4.23. The summed E-state index contributed by atoms with van der Waals surface area (Å²) in [5.41, 5.74) is 1.16. The van der Waals surface area contributed by atoms with Crippen LogP contribution in [0.2, 0.25) is 0 Å². The van der Waals surface area contributed by atoms with E-state index in [-0.39, 0.29) is 12.2 Å². The van der Waals surface area contributed by atoms with E-state index in [1.807, 2.05) is 18.2 Å². The van der Waals surface area contributed by atoms with Crippen molar-refractivity contribution < 1.29 is 9.53 Å². The lowest BCUT2D eigenvalue weighted by atomic mass is 10.2. The summed E-state index contributed by atoms with van der Waals surface area (Å²) in [6.07, 6.45) is 3.32. The number of carbonyl (C=O) groups is 1. The lowest BCUT2D eigenvalue weighted by Gasteiger charge is -2.17. The third-order valence-electron chi connectivity index (χ3n) is 2.96. The predicted molar refractivity (Wildman–Crippen MR) is 83.7 cm³/mol. The molecule has 21 heavy (non-hydrogen) atoms.